The summed E-state index contributed by atoms with van der Waals surface area (Å²) in [6, 6.07) is 4.79. The van der Waals surface area contributed by atoms with Crippen LogP contribution in [-0.4, -0.2) is 17.8 Å². The molecule has 2 atom stereocenters. The van der Waals surface area contributed by atoms with Crippen molar-refractivity contribution in [1.29, 1.82) is 0 Å². The molecule has 1 aromatic rings. The van der Waals surface area contributed by atoms with Gasteiger partial charge in [0.1, 0.15) is 0 Å². The van der Waals surface area contributed by atoms with E-state index < -0.39 is 6.04 Å². The van der Waals surface area contributed by atoms with E-state index >= 15 is 0 Å². The maximum atomic E-state index is 10.9. The highest BCUT2D eigenvalue weighted by Crippen LogP contribution is 2.36. The standard InChI is InChI=1S/C13H15NO4/c1-3-4-11(9(2)14(15)16)10-5-6-12-13(7-10)18-8-17-12/h3,5-7,9,11H,1,4,8H2,2H3. The van der Waals surface area contributed by atoms with Crippen LogP contribution in [0.1, 0.15) is 24.8 Å². The average Bonchev–Trinajstić information content (AvgIpc) is 2.82. The summed E-state index contributed by atoms with van der Waals surface area (Å²) in [4.78, 5) is 10.7. The van der Waals surface area contributed by atoms with Crippen LogP contribution in [0.2, 0.25) is 0 Å². The minimum Gasteiger partial charge on any atom is -0.454 e. The molecule has 0 amide bonds. The minimum atomic E-state index is -0.664. The Labute approximate surface area is 105 Å². The Balaban J connectivity index is 2.30. The van der Waals surface area contributed by atoms with Crippen molar-refractivity contribution in [3.8, 4) is 11.5 Å². The van der Waals surface area contributed by atoms with Crippen molar-refractivity contribution >= 4 is 0 Å². The number of benzene rings is 1. The van der Waals surface area contributed by atoms with Crippen LogP contribution in [-0.2, 0) is 0 Å². The Hall–Kier alpha value is -2.04. The Morgan fingerprint density at radius 2 is 2.22 bits per heavy atom. The van der Waals surface area contributed by atoms with Crippen molar-refractivity contribution in [2.45, 2.75) is 25.3 Å². The molecule has 0 aromatic heterocycles. The zero-order valence-corrected chi connectivity index (χ0v) is 10.2. The number of nitrogens with zero attached hydrogens (tertiary/aromatic N) is 1. The van der Waals surface area contributed by atoms with Gasteiger partial charge in [-0.25, -0.2) is 0 Å². The zero-order valence-electron chi connectivity index (χ0n) is 10.2. The number of nitro groups is 1. The Bertz CT molecular complexity index is 472. The van der Waals surface area contributed by atoms with Crippen LogP contribution in [0, 0.1) is 10.1 Å². The van der Waals surface area contributed by atoms with E-state index in [-0.39, 0.29) is 17.6 Å². The monoisotopic (exact) mass is 249 g/mol. The van der Waals surface area contributed by atoms with Crippen molar-refractivity contribution in [2.24, 2.45) is 0 Å². The van der Waals surface area contributed by atoms with Crippen LogP contribution in [0.15, 0.2) is 30.9 Å². The predicted molar refractivity (Wildman–Crippen MR) is 66.6 cm³/mol. The average molecular weight is 249 g/mol. The maximum absolute atomic E-state index is 10.9. The third-order valence-corrected chi connectivity index (χ3v) is 3.16. The molecule has 0 saturated heterocycles. The lowest BCUT2D eigenvalue weighted by atomic mass is 9.89. The van der Waals surface area contributed by atoms with Crippen molar-refractivity contribution in [3.63, 3.8) is 0 Å². The molecule has 5 heteroatoms. The predicted octanol–water partition coefficient (Wildman–Crippen LogP) is 2.74. The van der Waals surface area contributed by atoms with Crippen LogP contribution in [0.3, 0.4) is 0 Å². The molecule has 0 N–H and O–H groups in total. The van der Waals surface area contributed by atoms with Crippen LogP contribution in [0.5, 0.6) is 11.5 Å². The van der Waals surface area contributed by atoms with Gasteiger partial charge in [-0.1, -0.05) is 12.1 Å². The smallest absolute Gasteiger partial charge is 0.231 e. The summed E-state index contributed by atoms with van der Waals surface area (Å²) in [6.07, 6.45) is 2.26. The van der Waals surface area contributed by atoms with Gasteiger partial charge in [0.15, 0.2) is 11.5 Å². The number of ether oxygens (including phenoxy) is 2. The molecule has 96 valence electrons. The van der Waals surface area contributed by atoms with Gasteiger partial charge >= 0.3 is 0 Å². The van der Waals surface area contributed by atoms with E-state index in [0.717, 1.165) is 5.56 Å². The first-order chi connectivity index (χ1) is 8.63. The second-order valence-electron chi connectivity index (χ2n) is 4.27. The van der Waals surface area contributed by atoms with Crippen molar-refractivity contribution in [1.82, 2.24) is 0 Å². The van der Waals surface area contributed by atoms with E-state index in [2.05, 4.69) is 6.58 Å². The molecule has 1 aliphatic heterocycles. The van der Waals surface area contributed by atoms with E-state index in [9.17, 15) is 10.1 Å². The minimum absolute atomic E-state index is 0.202. The second kappa shape index (κ2) is 5.08. The van der Waals surface area contributed by atoms with Crippen LogP contribution < -0.4 is 9.47 Å². The van der Waals surface area contributed by atoms with Gasteiger partial charge in [0.2, 0.25) is 12.8 Å². The topological polar surface area (TPSA) is 61.6 Å². The molecule has 0 aliphatic carbocycles. The summed E-state index contributed by atoms with van der Waals surface area (Å²) in [5, 5.41) is 10.9. The summed E-state index contributed by atoms with van der Waals surface area (Å²) < 4.78 is 10.5. The largest absolute Gasteiger partial charge is 0.454 e. The fourth-order valence-corrected chi connectivity index (χ4v) is 2.08. The third kappa shape index (κ3) is 2.30. The first kappa shape index (κ1) is 12.4. The highest BCUT2D eigenvalue weighted by atomic mass is 16.7. The third-order valence-electron chi connectivity index (χ3n) is 3.16. The molecule has 0 fully saturated rings. The fourth-order valence-electron chi connectivity index (χ4n) is 2.08. The van der Waals surface area contributed by atoms with Gasteiger partial charge in [-0.05, 0) is 24.1 Å². The van der Waals surface area contributed by atoms with Gasteiger partial charge in [0, 0.05) is 11.8 Å². The molecule has 0 spiro atoms. The number of fused-ring (bicyclic) bond motifs is 1. The van der Waals surface area contributed by atoms with E-state index in [1.165, 1.54) is 0 Å². The molecule has 18 heavy (non-hydrogen) atoms. The molecule has 1 aromatic carbocycles. The Morgan fingerprint density at radius 3 is 2.89 bits per heavy atom. The molecule has 2 unspecified atom stereocenters. The zero-order chi connectivity index (χ0) is 13.1. The second-order valence-corrected chi connectivity index (χ2v) is 4.27. The quantitative estimate of drug-likeness (QED) is 0.457. The summed E-state index contributed by atoms with van der Waals surface area (Å²) in [5.74, 6) is 1.13. The van der Waals surface area contributed by atoms with Gasteiger partial charge in [-0.3, -0.25) is 10.1 Å². The molecule has 5 nitrogen and oxygen atoms in total. The van der Waals surface area contributed by atoms with Crippen molar-refractivity contribution < 1.29 is 14.4 Å². The van der Waals surface area contributed by atoms with Crippen LogP contribution >= 0.6 is 0 Å². The highest BCUT2D eigenvalue weighted by molar-refractivity contribution is 5.45. The Morgan fingerprint density at radius 1 is 1.50 bits per heavy atom. The number of allylic oxidation sites excluding steroid dienone is 1. The summed E-state index contributed by atoms with van der Waals surface area (Å²) >= 11 is 0. The molecule has 1 heterocycles. The van der Waals surface area contributed by atoms with Gasteiger partial charge in [-0.15, -0.1) is 6.58 Å². The van der Waals surface area contributed by atoms with Gasteiger partial charge in [0.05, 0.1) is 5.92 Å². The number of rotatable bonds is 5. The van der Waals surface area contributed by atoms with Crippen molar-refractivity contribution in [2.75, 3.05) is 6.79 Å². The number of hydrogen-bond acceptors (Lipinski definition) is 4. The summed E-state index contributed by atoms with van der Waals surface area (Å²) in [7, 11) is 0. The highest BCUT2D eigenvalue weighted by Gasteiger charge is 2.28. The van der Waals surface area contributed by atoms with Gasteiger partial charge in [-0.2, -0.15) is 0 Å². The van der Waals surface area contributed by atoms with E-state index in [4.69, 9.17) is 9.47 Å². The molecule has 0 saturated carbocycles. The fraction of sp³-hybridized carbons (Fsp3) is 0.385. The van der Waals surface area contributed by atoms with Crippen LogP contribution in [0.4, 0.5) is 0 Å². The van der Waals surface area contributed by atoms with Gasteiger partial charge in [0.25, 0.3) is 0 Å². The lowest BCUT2D eigenvalue weighted by Crippen LogP contribution is -2.23. The van der Waals surface area contributed by atoms with Gasteiger partial charge < -0.3 is 9.47 Å². The summed E-state index contributed by atoms with van der Waals surface area (Å²) in [5.41, 5.74) is 0.878. The normalized spacial score (nSPS) is 16.1. The lowest BCUT2D eigenvalue weighted by Gasteiger charge is -2.17. The molecule has 0 bridgehead atoms. The van der Waals surface area contributed by atoms with E-state index in [1.807, 2.05) is 12.1 Å². The Kier molecular flexibility index (Phi) is 3.50. The number of hydrogen-bond donors (Lipinski definition) is 0. The molecular weight excluding hydrogens is 234 g/mol. The molecule has 2 rings (SSSR count). The lowest BCUT2D eigenvalue weighted by molar-refractivity contribution is -0.522. The first-order valence-corrected chi connectivity index (χ1v) is 5.77. The van der Waals surface area contributed by atoms with E-state index in [0.29, 0.717) is 17.9 Å². The first-order valence-electron chi connectivity index (χ1n) is 5.77. The SMILES string of the molecule is C=CCC(c1ccc2c(c1)OCO2)C(C)[N+](=O)[O-]. The van der Waals surface area contributed by atoms with Crippen LogP contribution in [0.25, 0.3) is 0 Å². The maximum Gasteiger partial charge on any atom is 0.231 e. The molecular formula is C13H15NO4. The van der Waals surface area contributed by atoms with E-state index in [1.54, 1.807) is 19.1 Å². The molecule has 0 radical (unpaired) electrons. The van der Waals surface area contributed by atoms with Crippen molar-refractivity contribution in [3.05, 3.63) is 46.5 Å². The molecule has 1 aliphatic rings. The summed E-state index contributed by atoms with van der Waals surface area (Å²) in [6.45, 7) is 5.48.